The minimum absolute atomic E-state index is 0.0351. The van der Waals surface area contributed by atoms with Crippen LogP contribution in [0.25, 0.3) is 22.3 Å². The molecule has 538 valence electrons. The molecule has 26 heteroatoms. The number of benzene rings is 7. The zero-order chi connectivity index (χ0) is 73.2. The largest absolute Gasteiger partial charge is 0.496 e. The van der Waals surface area contributed by atoms with Crippen molar-refractivity contribution in [2.75, 3.05) is 117 Å². The molecule has 0 heterocycles. The van der Waals surface area contributed by atoms with E-state index in [4.69, 9.17) is 71.7 Å². The van der Waals surface area contributed by atoms with Gasteiger partial charge in [0.15, 0.2) is 19.8 Å². The minimum Gasteiger partial charge on any atom is -0.496 e. The number of carbonyl (C=O) groups excluding carboxylic acids is 4. The van der Waals surface area contributed by atoms with Crippen LogP contribution in [0, 0.1) is 0 Å². The van der Waals surface area contributed by atoms with Crippen molar-refractivity contribution in [2.24, 2.45) is 5.73 Å². The lowest BCUT2D eigenvalue weighted by Crippen LogP contribution is -2.32. The molecule has 0 spiro atoms. The molecular formula is C75H88N6O20. The second-order valence-corrected chi connectivity index (χ2v) is 21.3. The fourth-order valence-corrected chi connectivity index (χ4v) is 10.7. The van der Waals surface area contributed by atoms with E-state index in [1.54, 1.807) is 51.6 Å². The minimum atomic E-state index is -1.12. The van der Waals surface area contributed by atoms with Crippen molar-refractivity contribution in [2.45, 2.75) is 31.5 Å². The molecule has 6 N–H and O–H groups in total. The van der Waals surface area contributed by atoms with Crippen LogP contribution in [-0.2, 0) is 58.0 Å². The number of ether oxygens (including phenoxy) is 11. The molecule has 0 fully saturated rings. The highest BCUT2D eigenvalue weighted by Crippen LogP contribution is 2.47. The summed E-state index contributed by atoms with van der Waals surface area (Å²) in [4.78, 5) is 76.7. The third kappa shape index (κ3) is 21.6. The molecular weight excluding hydrogens is 1300 g/mol. The number of fused-ring (bicyclic) bond motifs is 6. The van der Waals surface area contributed by atoms with Gasteiger partial charge in [-0.2, -0.15) is 15.6 Å². The summed E-state index contributed by atoms with van der Waals surface area (Å²) in [6, 6.07) is 42.1. The molecule has 0 bridgehead atoms. The normalized spacial score (nSPS) is 11.1. The predicted molar refractivity (Wildman–Crippen MR) is 378 cm³/mol. The molecule has 7 aromatic rings. The third-order valence-electron chi connectivity index (χ3n) is 15.3. The van der Waals surface area contributed by atoms with E-state index in [-0.39, 0.29) is 82.1 Å². The van der Waals surface area contributed by atoms with Gasteiger partial charge in [-0.15, -0.1) is 19.7 Å². The van der Waals surface area contributed by atoms with Gasteiger partial charge in [0.1, 0.15) is 65.0 Å². The summed E-state index contributed by atoms with van der Waals surface area (Å²) >= 11 is 0. The molecule has 0 unspecified atom stereocenters. The van der Waals surface area contributed by atoms with Crippen molar-refractivity contribution >= 4 is 30.0 Å². The molecule has 26 nitrogen and oxygen atoms in total. The van der Waals surface area contributed by atoms with Crippen molar-refractivity contribution in [1.82, 2.24) is 26.2 Å². The van der Waals surface area contributed by atoms with Crippen molar-refractivity contribution in [3.63, 3.8) is 0 Å². The van der Waals surface area contributed by atoms with Gasteiger partial charge < -0.3 is 73.6 Å². The van der Waals surface area contributed by atoms with E-state index >= 15 is 0 Å². The first kappa shape index (κ1) is 78.7. The average Bonchev–Trinajstić information content (AvgIpc) is 1.63. The van der Waals surface area contributed by atoms with Gasteiger partial charge in [-0.25, -0.2) is 14.4 Å². The van der Waals surface area contributed by atoms with Crippen LogP contribution >= 0.6 is 0 Å². The SMILES string of the molecule is C=CCON(Cc1c(OC)cc(OCC(=O)NC)cc1OC)C(=O)OCC1c2ccccc2-c2ccccc21.C=CCON(Cc1c(OC)cc(OCC(=O)O)cc1OC)C(=O)OCC1c2ccccc2-c2ccccc21.C=CCONCc1c(OC)cc(OCC(=O)NC)cc1OC.CN. The monoisotopic (exact) mass is 1390 g/mol. The van der Waals surface area contributed by atoms with Crippen LogP contribution in [0.2, 0.25) is 0 Å². The van der Waals surface area contributed by atoms with Gasteiger partial charge in [-0.05, 0) is 51.6 Å². The Morgan fingerprint density at radius 3 is 1.04 bits per heavy atom. The van der Waals surface area contributed by atoms with Crippen LogP contribution in [0.5, 0.6) is 51.7 Å². The van der Waals surface area contributed by atoms with Crippen molar-refractivity contribution < 1.29 is 95.7 Å². The first-order chi connectivity index (χ1) is 49.1. The summed E-state index contributed by atoms with van der Waals surface area (Å²) in [5.41, 5.74) is 18.0. The molecule has 0 aliphatic heterocycles. The highest BCUT2D eigenvalue weighted by atomic mass is 16.7. The van der Waals surface area contributed by atoms with Gasteiger partial charge in [0, 0.05) is 62.3 Å². The highest BCUT2D eigenvalue weighted by Gasteiger charge is 2.33. The second-order valence-electron chi connectivity index (χ2n) is 21.3. The molecule has 2 aliphatic rings. The third-order valence-corrected chi connectivity index (χ3v) is 15.3. The average molecular weight is 1390 g/mol. The summed E-state index contributed by atoms with van der Waals surface area (Å²) in [7, 11) is 13.5. The Bertz CT molecular complexity index is 3760. The van der Waals surface area contributed by atoms with E-state index in [0.717, 1.165) is 60.2 Å². The molecule has 7 aromatic carbocycles. The van der Waals surface area contributed by atoms with Gasteiger partial charge in [0.25, 0.3) is 11.8 Å². The van der Waals surface area contributed by atoms with Gasteiger partial charge in [-0.3, -0.25) is 24.1 Å². The smallest absolute Gasteiger partial charge is 0.434 e. The van der Waals surface area contributed by atoms with Crippen LogP contribution in [0.15, 0.2) is 171 Å². The fourth-order valence-electron chi connectivity index (χ4n) is 10.7. The fraction of sp³-hybridized carbons (Fsp3) is 0.293. The Kier molecular flexibility index (Phi) is 32.1. The van der Waals surface area contributed by atoms with E-state index < -0.39 is 24.8 Å². The number of carboxylic acid groups (broad SMARTS) is 1. The molecule has 101 heavy (non-hydrogen) atoms. The number of likely N-dealkylation sites (N-methyl/N-ethyl adjacent to an activating group) is 2. The number of carbonyl (C=O) groups is 5. The number of nitrogens with zero attached hydrogens (tertiary/aromatic N) is 2. The number of hydrogen-bond acceptors (Lipinski definition) is 21. The summed E-state index contributed by atoms with van der Waals surface area (Å²) in [5.74, 6) is 1.83. The van der Waals surface area contributed by atoms with E-state index in [2.05, 4.69) is 78.0 Å². The topological polar surface area (TPSA) is 303 Å². The Balaban J connectivity index is 0.000000245. The van der Waals surface area contributed by atoms with Crippen LogP contribution in [0.1, 0.15) is 50.8 Å². The Morgan fingerprint density at radius 1 is 0.455 bits per heavy atom. The Hall–Kier alpha value is -11.3. The van der Waals surface area contributed by atoms with Crippen molar-refractivity contribution in [3.8, 4) is 74.0 Å². The van der Waals surface area contributed by atoms with Crippen LogP contribution < -0.4 is 64.5 Å². The summed E-state index contributed by atoms with van der Waals surface area (Å²) < 4.78 is 60.5. The Labute approximate surface area is 587 Å². The number of rotatable bonds is 34. The summed E-state index contributed by atoms with van der Waals surface area (Å²) in [5, 5.41) is 16.1. The molecule has 0 radical (unpaired) electrons. The lowest BCUT2D eigenvalue weighted by Gasteiger charge is -2.24. The standard InChI is InChI=1S/C30H32N2O7.C29H29NO8.C15H22N2O5.CH5N/c1-5-14-39-32(17-25-27(35-3)15-20(16-28(25)36-4)37-19-29(33)31-2)30(34)38-18-26-23-12-8-6-10-21(23)22-11-7-9-13-24(22)26;1-4-13-38-30(16-24-26(34-2)14-19(15-27(24)35-3)36-18-28(31)32)29(33)37-17-25-22-11-7-5-9-20(22)21-10-6-8-12-23(21)25;1-5-6-22-17-9-12-13(19-3)7-11(8-14(12)20-4)21-10-15(18)16-2;1-2/h5-13,15-16,26H,1,14,17-19H2,2-4H3,(H,31,33);4-12,14-15,25H,1,13,16-18H2,2-3H3,(H,31,32);5,7-8,17H,1,6,9-10H2,2-4H3,(H,16,18);2H2,1H3. The van der Waals surface area contributed by atoms with E-state index in [1.165, 1.54) is 66.8 Å². The lowest BCUT2D eigenvalue weighted by molar-refractivity contribution is -0.139. The van der Waals surface area contributed by atoms with Gasteiger partial charge in [0.2, 0.25) is 0 Å². The second kappa shape index (κ2) is 41.2. The quantitative estimate of drug-likeness (QED) is 0.0142. The number of hydrogen-bond donors (Lipinski definition) is 5. The van der Waals surface area contributed by atoms with E-state index in [9.17, 15) is 24.0 Å². The number of nitrogens with two attached hydrogens (primary N) is 1. The maximum absolute atomic E-state index is 13.3. The molecule has 0 saturated carbocycles. The van der Waals surface area contributed by atoms with E-state index in [1.807, 2.05) is 60.7 Å². The first-order valence-corrected chi connectivity index (χ1v) is 31.6. The zero-order valence-electron chi connectivity index (χ0n) is 58.2. The molecule has 0 saturated heterocycles. The highest BCUT2D eigenvalue weighted by molar-refractivity contribution is 5.81. The number of carboxylic acids is 1. The lowest BCUT2D eigenvalue weighted by atomic mass is 9.98. The number of aliphatic carboxylic acids is 1. The van der Waals surface area contributed by atoms with E-state index in [0.29, 0.717) is 70.3 Å². The van der Waals surface area contributed by atoms with Crippen molar-refractivity contribution in [1.29, 1.82) is 0 Å². The maximum atomic E-state index is 13.3. The number of nitrogens with one attached hydrogen (secondary N) is 3. The summed E-state index contributed by atoms with van der Waals surface area (Å²) in [6.07, 6.45) is 3.33. The Morgan fingerprint density at radius 2 is 0.752 bits per heavy atom. The molecule has 2 aliphatic carbocycles. The molecule has 0 atom stereocenters. The predicted octanol–water partition coefficient (Wildman–Crippen LogP) is 10.3. The number of hydroxylamine groups is 5. The molecule has 0 aromatic heterocycles. The summed E-state index contributed by atoms with van der Waals surface area (Å²) in [6.45, 7) is 11.2. The van der Waals surface area contributed by atoms with Gasteiger partial charge in [0.05, 0.1) is 98.8 Å². The van der Waals surface area contributed by atoms with Crippen molar-refractivity contribution in [3.05, 3.63) is 210 Å². The maximum Gasteiger partial charge on any atom is 0.434 e. The van der Waals surface area contributed by atoms with Crippen LogP contribution in [-0.4, -0.2) is 162 Å². The number of amides is 4. The first-order valence-electron chi connectivity index (χ1n) is 31.6. The van der Waals surface area contributed by atoms with Gasteiger partial charge >= 0.3 is 18.2 Å². The van der Waals surface area contributed by atoms with Gasteiger partial charge in [-0.1, -0.05) is 115 Å². The van der Waals surface area contributed by atoms with Crippen LogP contribution in [0.4, 0.5) is 9.59 Å². The number of methoxy groups -OCH3 is 6. The van der Waals surface area contributed by atoms with Crippen LogP contribution in [0.3, 0.4) is 0 Å². The molecule has 9 rings (SSSR count). The zero-order valence-corrected chi connectivity index (χ0v) is 58.2. The molecule has 4 amide bonds.